The molecule has 1 unspecified atom stereocenters. The molecular weight excluding hydrogens is 186 g/mol. The number of ether oxygens (including phenoxy) is 1. The van der Waals surface area contributed by atoms with Crippen molar-refractivity contribution in [2.75, 3.05) is 13.1 Å². The SMILES string of the molecule is c1ccc2c(c1)COC2C1CCNCC1. The molecular formula is C13H17NO. The van der Waals surface area contributed by atoms with E-state index >= 15 is 0 Å². The van der Waals surface area contributed by atoms with Crippen LogP contribution in [0.1, 0.15) is 30.1 Å². The van der Waals surface area contributed by atoms with Gasteiger partial charge in [0, 0.05) is 0 Å². The Bertz CT molecular complexity index is 344. The minimum absolute atomic E-state index is 0.364. The monoisotopic (exact) mass is 203 g/mol. The van der Waals surface area contributed by atoms with Gasteiger partial charge in [-0.25, -0.2) is 0 Å². The molecule has 0 saturated carbocycles. The average Bonchev–Trinajstić information content (AvgIpc) is 2.74. The van der Waals surface area contributed by atoms with E-state index in [1.54, 1.807) is 0 Å². The van der Waals surface area contributed by atoms with E-state index in [2.05, 4.69) is 29.6 Å². The Kier molecular flexibility index (Phi) is 2.47. The molecule has 2 nitrogen and oxygen atoms in total. The third kappa shape index (κ3) is 1.68. The first-order valence-electron chi connectivity index (χ1n) is 5.85. The van der Waals surface area contributed by atoms with Crippen LogP contribution in [0.2, 0.25) is 0 Å². The summed E-state index contributed by atoms with van der Waals surface area (Å²) in [7, 11) is 0. The Balaban J connectivity index is 1.83. The Morgan fingerprint density at radius 3 is 2.80 bits per heavy atom. The van der Waals surface area contributed by atoms with Crippen LogP contribution in [0.3, 0.4) is 0 Å². The number of rotatable bonds is 1. The standard InChI is InChI=1S/C13H17NO/c1-2-4-12-11(3-1)9-15-13(12)10-5-7-14-8-6-10/h1-4,10,13-14H,5-9H2. The predicted molar refractivity (Wildman–Crippen MR) is 59.6 cm³/mol. The van der Waals surface area contributed by atoms with Crippen LogP contribution in [0.25, 0.3) is 0 Å². The summed E-state index contributed by atoms with van der Waals surface area (Å²) in [5.74, 6) is 0.717. The maximum atomic E-state index is 5.94. The van der Waals surface area contributed by atoms with Gasteiger partial charge in [0.25, 0.3) is 0 Å². The zero-order valence-electron chi connectivity index (χ0n) is 8.91. The molecule has 2 heteroatoms. The van der Waals surface area contributed by atoms with E-state index in [0.717, 1.165) is 25.6 Å². The molecule has 0 aromatic heterocycles. The summed E-state index contributed by atoms with van der Waals surface area (Å²) >= 11 is 0. The predicted octanol–water partition coefficient (Wildman–Crippen LogP) is 2.26. The van der Waals surface area contributed by atoms with Gasteiger partial charge in [0.2, 0.25) is 0 Å². The van der Waals surface area contributed by atoms with Gasteiger partial charge >= 0.3 is 0 Å². The van der Waals surface area contributed by atoms with Gasteiger partial charge in [0.1, 0.15) is 0 Å². The summed E-state index contributed by atoms with van der Waals surface area (Å²) < 4.78 is 5.94. The smallest absolute Gasteiger partial charge is 0.0862 e. The molecule has 1 fully saturated rings. The van der Waals surface area contributed by atoms with Crippen molar-refractivity contribution < 1.29 is 4.74 Å². The fourth-order valence-electron chi connectivity index (χ4n) is 2.75. The summed E-state index contributed by atoms with van der Waals surface area (Å²) in [6, 6.07) is 8.65. The van der Waals surface area contributed by atoms with Gasteiger partial charge in [-0.2, -0.15) is 0 Å². The molecule has 0 spiro atoms. The fourth-order valence-corrected chi connectivity index (χ4v) is 2.75. The molecule has 1 N–H and O–H groups in total. The molecule has 3 rings (SSSR count). The van der Waals surface area contributed by atoms with Crippen molar-refractivity contribution in [3.8, 4) is 0 Å². The lowest BCUT2D eigenvalue weighted by Crippen LogP contribution is -2.30. The molecule has 1 aromatic rings. The lowest BCUT2D eigenvalue weighted by molar-refractivity contribution is 0.0129. The van der Waals surface area contributed by atoms with E-state index in [4.69, 9.17) is 4.74 Å². The Hall–Kier alpha value is -0.860. The van der Waals surface area contributed by atoms with Gasteiger partial charge in [0.05, 0.1) is 12.7 Å². The molecule has 2 heterocycles. The molecule has 0 radical (unpaired) electrons. The summed E-state index contributed by atoms with van der Waals surface area (Å²) in [5.41, 5.74) is 2.82. The number of nitrogens with one attached hydrogen (secondary N) is 1. The number of piperidine rings is 1. The third-order valence-corrected chi connectivity index (χ3v) is 3.59. The molecule has 2 aliphatic heterocycles. The molecule has 0 bridgehead atoms. The largest absolute Gasteiger partial charge is 0.369 e. The highest BCUT2D eigenvalue weighted by atomic mass is 16.5. The molecule has 2 aliphatic rings. The second-order valence-electron chi connectivity index (χ2n) is 4.52. The van der Waals surface area contributed by atoms with Crippen molar-refractivity contribution in [2.24, 2.45) is 5.92 Å². The van der Waals surface area contributed by atoms with Crippen molar-refractivity contribution >= 4 is 0 Å². The summed E-state index contributed by atoms with van der Waals surface area (Å²) in [6.07, 6.45) is 2.86. The highest BCUT2D eigenvalue weighted by Gasteiger charge is 2.31. The average molecular weight is 203 g/mol. The zero-order valence-corrected chi connectivity index (χ0v) is 8.91. The lowest BCUT2D eigenvalue weighted by Gasteiger charge is -2.27. The van der Waals surface area contributed by atoms with Crippen molar-refractivity contribution in [2.45, 2.75) is 25.6 Å². The molecule has 80 valence electrons. The van der Waals surface area contributed by atoms with Crippen LogP contribution >= 0.6 is 0 Å². The van der Waals surface area contributed by atoms with E-state index in [0.29, 0.717) is 6.10 Å². The summed E-state index contributed by atoms with van der Waals surface area (Å²) in [4.78, 5) is 0. The summed E-state index contributed by atoms with van der Waals surface area (Å²) in [6.45, 7) is 3.10. The van der Waals surface area contributed by atoms with Crippen LogP contribution < -0.4 is 5.32 Å². The normalized spacial score (nSPS) is 26.5. The quantitative estimate of drug-likeness (QED) is 0.756. The molecule has 1 atom stereocenters. The first-order valence-corrected chi connectivity index (χ1v) is 5.85. The van der Waals surface area contributed by atoms with Gasteiger partial charge in [-0.05, 0) is 43.0 Å². The highest BCUT2D eigenvalue weighted by molar-refractivity contribution is 5.31. The first kappa shape index (κ1) is 9.37. The molecule has 15 heavy (non-hydrogen) atoms. The van der Waals surface area contributed by atoms with E-state index in [9.17, 15) is 0 Å². The number of benzene rings is 1. The van der Waals surface area contributed by atoms with Crippen LogP contribution in [0.4, 0.5) is 0 Å². The Labute approximate surface area is 90.6 Å². The van der Waals surface area contributed by atoms with Gasteiger partial charge in [-0.3, -0.25) is 0 Å². The van der Waals surface area contributed by atoms with Crippen molar-refractivity contribution in [1.29, 1.82) is 0 Å². The molecule has 0 aliphatic carbocycles. The van der Waals surface area contributed by atoms with E-state index in [-0.39, 0.29) is 0 Å². The minimum atomic E-state index is 0.364. The lowest BCUT2D eigenvalue weighted by atomic mass is 9.88. The van der Waals surface area contributed by atoms with Gasteiger partial charge < -0.3 is 10.1 Å². The van der Waals surface area contributed by atoms with Crippen molar-refractivity contribution in [3.63, 3.8) is 0 Å². The number of hydrogen-bond acceptors (Lipinski definition) is 2. The first-order chi connectivity index (χ1) is 7.45. The van der Waals surface area contributed by atoms with Crippen molar-refractivity contribution in [1.82, 2.24) is 5.32 Å². The molecule has 1 aromatic carbocycles. The van der Waals surface area contributed by atoms with E-state index in [1.165, 1.54) is 24.0 Å². The maximum absolute atomic E-state index is 5.94. The van der Waals surface area contributed by atoms with Gasteiger partial charge in [0.15, 0.2) is 0 Å². The van der Waals surface area contributed by atoms with Gasteiger partial charge in [-0.1, -0.05) is 24.3 Å². The second kappa shape index (κ2) is 3.95. The fraction of sp³-hybridized carbons (Fsp3) is 0.538. The van der Waals surface area contributed by atoms with E-state index in [1.807, 2.05) is 0 Å². The number of fused-ring (bicyclic) bond motifs is 1. The van der Waals surface area contributed by atoms with Crippen LogP contribution in [0.5, 0.6) is 0 Å². The molecule has 0 amide bonds. The summed E-state index contributed by atoms with van der Waals surface area (Å²) in [5, 5.41) is 3.41. The molecule has 1 saturated heterocycles. The third-order valence-electron chi connectivity index (χ3n) is 3.59. The number of hydrogen-bond donors (Lipinski definition) is 1. The minimum Gasteiger partial charge on any atom is -0.369 e. The van der Waals surface area contributed by atoms with Crippen LogP contribution in [-0.4, -0.2) is 13.1 Å². The van der Waals surface area contributed by atoms with Gasteiger partial charge in [-0.15, -0.1) is 0 Å². The highest BCUT2D eigenvalue weighted by Crippen LogP contribution is 2.39. The zero-order chi connectivity index (χ0) is 10.1. The second-order valence-corrected chi connectivity index (χ2v) is 4.52. The maximum Gasteiger partial charge on any atom is 0.0862 e. The van der Waals surface area contributed by atoms with Crippen molar-refractivity contribution in [3.05, 3.63) is 35.4 Å². The topological polar surface area (TPSA) is 21.3 Å². The van der Waals surface area contributed by atoms with E-state index < -0.39 is 0 Å². The van der Waals surface area contributed by atoms with Crippen LogP contribution in [-0.2, 0) is 11.3 Å². The Morgan fingerprint density at radius 2 is 1.93 bits per heavy atom. The van der Waals surface area contributed by atoms with Crippen LogP contribution in [0.15, 0.2) is 24.3 Å². The van der Waals surface area contributed by atoms with Crippen LogP contribution in [0, 0.1) is 5.92 Å². The Morgan fingerprint density at radius 1 is 1.13 bits per heavy atom.